The molecule has 2 N–H and O–H groups in total. The number of benzene rings is 4. The van der Waals surface area contributed by atoms with Crippen LogP contribution in [0.5, 0.6) is 46.0 Å². The Labute approximate surface area is 229 Å². The summed E-state index contributed by atoms with van der Waals surface area (Å²) in [4.78, 5) is 20.8. The van der Waals surface area contributed by atoms with Crippen LogP contribution in [-0.4, -0.2) is 38.2 Å². The molecule has 2 atom stereocenters. The molecule has 0 fully saturated rings. The zero-order chi connectivity index (χ0) is 28.9. The first-order chi connectivity index (χ1) is 19.1. The average Bonchev–Trinajstić information content (AvgIpc) is 2.91. The van der Waals surface area contributed by atoms with E-state index in [-0.39, 0.29) is 34.5 Å². The van der Waals surface area contributed by atoms with Crippen molar-refractivity contribution in [2.75, 3.05) is 28.4 Å². The van der Waals surface area contributed by atoms with E-state index >= 15 is 0 Å². The van der Waals surface area contributed by atoms with Crippen LogP contribution in [0.4, 0.5) is 0 Å². The molecule has 2 unspecified atom stereocenters. The Bertz CT molecular complexity index is 1490. The second kappa shape index (κ2) is 12.0. The summed E-state index contributed by atoms with van der Waals surface area (Å²) >= 11 is 0. The summed E-state index contributed by atoms with van der Waals surface area (Å²) < 4.78 is 67.2. The molecule has 12 nitrogen and oxygen atoms in total. The summed E-state index contributed by atoms with van der Waals surface area (Å²) in [5.74, 6) is 0.687. The van der Waals surface area contributed by atoms with Gasteiger partial charge in [0.05, 0.1) is 28.4 Å². The molecule has 0 heterocycles. The maximum Gasteiger partial charge on any atom is 0.585 e. The Morgan fingerprint density at radius 1 is 0.500 bits per heavy atom. The van der Waals surface area contributed by atoms with Gasteiger partial charge in [0.1, 0.15) is 11.5 Å². The van der Waals surface area contributed by atoms with Gasteiger partial charge in [-0.05, 0) is 59.3 Å². The molecule has 0 saturated carbocycles. The minimum Gasteiger partial charge on any atom is -0.493 e. The lowest BCUT2D eigenvalue weighted by molar-refractivity contribution is 0.278. The van der Waals surface area contributed by atoms with Crippen molar-refractivity contribution in [2.45, 2.75) is 0 Å². The van der Waals surface area contributed by atoms with Crippen molar-refractivity contribution in [2.24, 2.45) is 0 Å². The molecule has 212 valence electrons. The lowest BCUT2D eigenvalue weighted by Gasteiger charge is -2.18. The van der Waals surface area contributed by atoms with Gasteiger partial charge in [-0.25, -0.2) is 9.13 Å². The van der Waals surface area contributed by atoms with Crippen molar-refractivity contribution in [1.29, 1.82) is 0 Å². The number of hydrogen-bond acceptors (Lipinski definition) is 10. The van der Waals surface area contributed by atoms with Crippen molar-refractivity contribution < 1.29 is 56.0 Å². The van der Waals surface area contributed by atoms with E-state index in [4.69, 9.17) is 37.0 Å². The number of para-hydroxylation sites is 2. The van der Waals surface area contributed by atoms with E-state index in [1.807, 2.05) is 0 Å². The minimum absolute atomic E-state index is 0.0121. The Balaban J connectivity index is 1.53. The zero-order valence-electron chi connectivity index (χ0n) is 21.8. The number of phosphoric acid groups is 2. The van der Waals surface area contributed by atoms with Gasteiger partial charge < -0.3 is 37.0 Å². The van der Waals surface area contributed by atoms with Gasteiger partial charge in [-0.1, -0.05) is 24.3 Å². The van der Waals surface area contributed by atoms with Crippen LogP contribution >= 0.6 is 15.6 Å². The minimum atomic E-state index is -4.68. The summed E-state index contributed by atoms with van der Waals surface area (Å²) in [5, 5.41) is 1.15. The highest BCUT2D eigenvalue weighted by Gasteiger charge is 2.29. The fourth-order valence-electron chi connectivity index (χ4n) is 3.73. The molecule has 0 radical (unpaired) electrons. The zero-order valence-corrected chi connectivity index (χ0v) is 23.6. The Kier molecular flexibility index (Phi) is 8.66. The lowest BCUT2D eigenvalue weighted by Crippen LogP contribution is -2.02. The standard InChI is InChI=1S/C26H26O12P2/c1-31-21-7-5-9-23(25(21)33-3)37-39(27,28)35-19-13-11-17-12-14-20(16-18(17)15-19)36-40(29,30)38-24-10-6-8-22(32-2)26(24)34-4/h5-16H,1-4H3,(H,27,28)(H,29,30). The van der Waals surface area contributed by atoms with Crippen LogP contribution < -0.4 is 37.0 Å². The number of methoxy groups -OCH3 is 4. The van der Waals surface area contributed by atoms with Gasteiger partial charge in [-0.2, -0.15) is 0 Å². The molecule has 0 amide bonds. The fourth-order valence-corrected chi connectivity index (χ4v) is 5.35. The average molecular weight is 592 g/mol. The van der Waals surface area contributed by atoms with E-state index in [0.29, 0.717) is 22.3 Å². The smallest absolute Gasteiger partial charge is 0.493 e. The van der Waals surface area contributed by atoms with Gasteiger partial charge in [-0.3, -0.25) is 9.79 Å². The molecule has 0 bridgehead atoms. The third-order valence-electron chi connectivity index (χ3n) is 5.39. The molecular formula is C26H26O12P2. The van der Waals surface area contributed by atoms with Gasteiger partial charge in [0, 0.05) is 0 Å². The van der Waals surface area contributed by atoms with Gasteiger partial charge in [0.25, 0.3) is 0 Å². The second-order valence-electron chi connectivity index (χ2n) is 7.96. The number of phosphoric ester groups is 2. The number of ether oxygens (including phenoxy) is 4. The van der Waals surface area contributed by atoms with Crippen LogP contribution in [0.25, 0.3) is 10.8 Å². The molecule has 40 heavy (non-hydrogen) atoms. The molecule has 14 heteroatoms. The van der Waals surface area contributed by atoms with Crippen LogP contribution in [0.1, 0.15) is 0 Å². The highest BCUT2D eigenvalue weighted by Crippen LogP contribution is 2.51. The summed E-state index contributed by atoms with van der Waals surface area (Å²) in [7, 11) is -3.80. The first kappa shape index (κ1) is 28.9. The first-order valence-electron chi connectivity index (χ1n) is 11.5. The van der Waals surface area contributed by atoms with E-state index < -0.39 is 15.6 Å². The van der Waals surface area contributed by atoms with Crippen LogP contribution in [0, 0.1) is 0 Å². The second-order valence-corrected chi connectivity index (χ2v) is 10.6. The summed E-state index contributed by atoms with van der Waals surface area (Å²) in [5.41, 5.74) is 0. The van der Waals surface area contributed by atoms with Crippen molar-refractivity contribution >= 4 is 26.4 Å². The maximum absolute atomic E-state index is 12.8. The van der Waals surface area contributed by atoms with Gasteiger partial charge >= 0.3 is 15.6 Å². The van der Waals surface area contributed by atoms with Gasteiger partial charge in [-0.15, -0.1) is 0 Å². The first-order valence-corrected chi connectivity index (χ1v) is 14.5. The SMILES string of the molecule is COc1cccc(OP(=O)(O)Oc2ccc3ccc(OP(=O)(O)Oc4cccc(OC)c4OC)cc3c2)c1OC. The fraction of sp³-hybridized carbons (Fsp3) is 0.154. The molecule has 0 aliphatic carbocycles. The molecule has 0 saturated heterocycles. The molecule has 4 aromatic rings. The number of hydrogen-bond donors (Lipinski definition) is 2. The van der Waals surface area contributed by atoms with E-state index in [2.05, 4.69) is 0 Å². The summed E-state index contributed by atoms with van der Waals surface area (Å²) in [6, 6.07) is 18.2. The number of rotatable bonds is 12. The summed E-state index contributed by atoms with van der Waals surface area (Å²) in [6.07, 6.45) is 0. The lowest BCUT2D eigenvalue weighted by atomic mass is 10.1. The summed E-state index contributed by atoms with van der Waals surface area (Å²) in [6.45, 7) is 0. The van der Waals surface area contributed by atoms with Crippen LogP contribution in [-0.2, 0) is 9.13 Å². The Hall–Kier alpha value is -4.08. The van der Waals surface area contributed by atoms with Crippen LogP contribution in [0.3, 0.4) is 0 Å². The van der Waals surface area contributed by atoms with E-state index in [1.54, 1.807) is 36.4 Å². The largest absolute Gasteiger partial charge is 0.585 e. The molecular weight excluding hydrogens is 566 g/mol. The van der Waals surface area contributed by atoms with Crippen molar-refractivity contribution in [3.05, 3.63) is 72.8 Å². The Morgan fingerprint density at radius 3 is 1.27 bits per heavy atom. The highest BCUT2D eigenvalue weighted by molar-refractivity contribution is 7.48. The van der Waals surface area contributed by atoms with Crippen molar-refractivity contribution in [1.82, 2.24) is 0 Å². The van der Waals surface area contributed by atoms with E-state index in [0.717, 1.165) is 0 Å². The maximum atomic E-state index is 12.8. The highest BCUT2D eigenvalue weighted by atomic mass is 31.2. The van der Waals surface area contributed by atoms with E-state index in [1.165, 1.54) is 64.8 Å². The normalized spacial score (nSPS) is 13.8. The molecule has 0 spiro atoms. The van der Waals surface area contributed by atoms with Crippen LogP contribution in [0.2, 0.25) is 0 Å². The van der Waals surface area contributed by atoms with Gasteiger partial charge in [0.15, 0.2) is 23.0 Å². The third kappa shape index (κ3) is 6.73. The van der Waals surface area contributed by atoms with E-state index in [9.17, 15) is 18.9 Å². The molecule has 0 aliphatic rings. The predicted octanol–water partition coefficient (Wildman–Crippen LogP) is 5.99. The number of fused-ring (bicyclic) bond motifs is 1. The molecule has 4 rings (SSSR count). The third-order valence-corrected chi connectivity index (χ3v) is 7.12. The van der Waals surface area contributed by atoms with Gasteiger partial charge in [0.2, 0.25) is 11.5 Å². The monoisotopic (exact) mass is 592 g/mol. The quantitative estimate of drug-likeness (QED) is 0.186. The van der Waals surface area contributed by atoms with Crippen LogP contribution in [0.15, 0.2) is 72.8 Å². The topological polar surface area (TPSA) is 148 Å². The Morgan fingerprint density at radius 2 is 0.900 bits per heavy atom. The molecule has 0 aromatic heterocycles. The predicted molar refractivity (Wildman–Crippen MR) is 145 cm³/mol. The van der Waals surface area contributed by atoms with Crippen molar-refractivity contribution in [3.63, 3.8) is 0 Å². The molecule has 0 aliphatic heterocycles. The van der Waals surface area contributed by atoms with Crippen molar-refractivity contribution in [3.8, 4) is 46.0 Å². The molecule has 4 aromatic carbocycles.